The molecule has 1 aromatic heterocycles. The fourth-order valence-electron chi connectivity index (χ4n) is 4.08. The summed E-state index contributed by atoms with van der Waals surface area (Å²) < 4.78 is 0. The van der Waals surface area contributed by atoms with Crippen molar-refractivity contribution in [2.75, 3.05) is 6.54 Å². The van der Waals surface area contributed by atoms with Gasteiger partial charge in [-0.3, -0.25) is 19.2 Å². The maximum absolute atomic E-state index is 13.6. The van der Waals surface area contributed by atoms with Crippen LogP contribution in [0.5, 0.6) is 0 Å². The van der Waals surface area contributed by atoms with E-state index in [4.69, 9.17) is 5.11 Å². The van der Waals surface area contributed by atoms with Crippen LogP contribution in [-0.4, -0.2) is 69.6 Å². The second-order valence-electron chi connectivity index (χ2n) is 8.50. The number of amides is 3. The van der Waals surface area contributed by atoms with Gasteiger partial charge in [0.25, 0.3) is 5.91 Å². The number of benzene rings is 1. The van der Waals surface area contributed by atoms with Crippen molar-refractivity contribution >= 4 is 41.3 Å². The molecular formula is C24H28N4O6S. The van der Waals surface area contributed by atoms with Gasteiger partial charge in [0.1, 0.15) is 18.4 Å². The normalized spacial score (nSPS) is 16.9. The van der Waals surface area contributed by atoms with Crippen LogP contribution in [0.3, 0.4) is 0 Å². The molecule has 1 aliphatic rings. The summed E-state index contributed by atoms with van der Waals surface area (Å²) in [5, 5.41) is 15.9. The molecule has 1 aliphatic heterocycles. The first-order valence-corrected chi connectivity index (χ1v) is 12.2. The van der Waals surface area contributed by atoms with Gasteiger partial charge in [0.15, 0.2) is 0 Å². The van der Waals surface area contributed by atoms with E-state index in [1.165, 1.54) is 16.2 Å². The van der Waals surface area contributed by atoms with E-state index in [0.717, 1.165) is 11.1 Å². The van der Waals surface area contributed by atoms with Crippen LogP contribution in [0, 0.1) is 13.8 Å². The fraction of sp³-hybridized carbons (Fsp3) is 0.417. The molecular weight excluding hydrogens is 472 g/mol. The number of carbonyl (C=O) groups excluding carboxylic acids is 4. The molecule has 0 bridgehead atoms. The van der Waals surface area contributed by atoms with Gasteiger partial charge in [0.05, 0.1) is 23.7 Å². The number of aldehydes is 1. The Labute approximate surface area is 206 Å². The number of likely N-dealkylation sites (tertiary alicyclic amines) is 1. The zero-order valence-electron chi connectivity index (χ0n) is 19.5. The Hall–Kier alpha value is -3.60. The molecule has 2 aromatic rings. The van der Waals surface area contributed by atoms with E-state index >= 15 is 0 Å². The number of rotatable bonds is 10. The maximum atomic E-state index is 13.6. The number of aromatic nitrogens is 1. The maximum Gasteiger partial charge on any atom is 0.305 e. The Balaban J connectivity index is 1.80. The Morgan fingerprint density at radius 2 is 2.03 bits per heavy atom. The quantitative estimate of drug-likeness (QED) is 0.416. The number of aliphatic carboxylic acids is 1. The van der Waals surface area contributed by atoms with Gasteiger partial charge in [-0.05, 0) is 43.9 Å². The molecule has 3 rings (SSSR count). The molecule has 186 valence electrons. The standard InChI is InChI=1S/C24H28N4O6S/c1-14-5-3-6-18(15(14)2)22(32)27-19(9-17-12-35-13-25-17)24(34)28-8-4-7-20(28)23(33)26-16(11-29)10-21(30)31/h3,5-6,11-13,16,19-20H,4,7-10H2,1-2H3,(H,26,33)(H,27,32)(H,30,31)/t16-,19-,20-/m0/s1. The molecule has 2 heterocycles. The fourth-order valence-corrected chi connectivity index (χ4v) is 4.66. The zero-order valence-corrected chi connectivity index (χ0v) is 20.3. The van der Waals surface area contributed by atoms with Crippen LogP contribution >= 0.6 is 11.3 Å². The van der Waals surface area contributed by atoms with Crippen LogP contribution in [0.25, 0.3) is 0 Å². The summed E-state index contributed by atoms with van der Waals surface area (Å²) in [7, 11) is 0. The van der Waals surface area contributed by atoms with Gasteiger partial charge in [-0.15, -0.1) is 11.3 Å². The monoisotopic (exact) mass is 500 g/mol. The minimum absolute atomic E-state index is 0.153. The van der Waals surface area contributed by atoms with Crippen LogP contribution in [0.1, 0.15) is 46.4 Å². The van der Waals surface area contributed by atoms with Crippen LogP contribution in [0.15, 0.2) is 29.1 Å². The van der Waals surface area contributed by atoms with Crippen molar-refractivity contribution in [1.29, 1.82) is 0 Å². The molecule has 0 aliphatic carbocycles. The van der Waals surface area contributed by atoms with Gasteiger partial charge in [0.2, 0.25) is 11.8 Å². The summed E-state index contributed by atoms with van der Waals surface area (Å²) in [6, 6.07) is 2.35. The summed E-state index contributed by atoms with van der Waals surface area (Å²) >= 11 is 1.37. The van der Waals surface area contributed by atoms with E-state index in [1.54, 1.807) is 23.0 Å². The molecule has 0 spiro atoms. The third kappa shape index (κ3) is 6.50. The summed E-state index contributed by atoms with van der Waals surface area (Å²) in [4.78, 5) is 67.2. The molecule has 3 N–H and O–H groups in total. The Morgan fingerprint density at radius 3 is 2.69 bits per heavy atom. The van der Waals surface area contributed by atoms with Crippen molar-refractivity contribution < 1.29 is 29.1 Å². The first kappa shape index (κ1) is 26.0. The Kier molecular flexibility index (Phi) is 8.69. The molecule has 11 heteroatoms. The zero-order chi connectivity index (χ0) is 25.5. The number of nitrogens with one attached hydrogen (secondary N) is 2. The van der Waals surface area contributed by atoms with Crippen LogP contribution in [-0.2, 0) is 25.6 Å². The predicted molar refractivity (Wildman–Crippen MR) is 128 cm³/mol. The molecule has 0 radical (unpaired) electrons. The van der Waals surface area contributed by atoms with Crippen molar-refractivity contribution in [3.8, 4) is 0 Å². The second kappa shape index (κ2) is 11.7. The Morgan fingerprint density at radius 1 is 1.26 bits per heavy atom. The third-order valence-electron chi connectivity index (χ3n) is 6.07. The van der Waals surface area contributed by atoms with E-state index < -0.39 is 48.2 Å². The predicted octanol–water partition coefficient (Wildman–Crippen LogP) is 1.25. The smallest absolute Gasteiger partial charge is 0.305 e. The van der Waals surface area contributed by atoms with Gasteiger partial charge in [-0.2, -0.15) is 0 Å². The molecule has 1 aromatic carbocycles. The lowest BCUT2D eigenvalue weighted by Crippen LogP contribution is -2.55. The highest BCUT2D eigenvalue weighted by molar-refractivity contribution is 7.07. The highest BCUT2D eigenvalue weighted by atomic mass is 32.1. The number of aryl methyl sites for hydroxylation is 1. The number of hydrogen-bond donors (Lipinski definition) is 3. The molecule has 10 nitrogen and oxygen atoms in total. The number of carboxylic acid groups (broad SMARTS) is 1. The number of carbonyl (C=O) groups is 5. The van der Waals surface area contributed by atoms with Crippen LogP contribution in [0.2, 0.25) is 0 Å². The summed E-state index contributed by atoms with van der Waals surface area (Å²) in [6.07, 6.45) is 0.893. The van der Waals surface area contributed by atoms with Gasteiger partial charge in [-0.1, -0.05) is 12.1 Å². The average molecular weight is 501 g/mol. The first-order valence-electron chi connectivity index (χ1n) is 11.2. The number of carboxylic acids is 1. The lowest BCUT2D eigenvalue weighted by atomic mass is 10.0. The molecule has 0 saturated carbocycles. The average Bonchev–Trinajstić information content (AvgIpc) is 3.51. The van der Waals surface area contributed by atoms with E-state index in [-0.39, 0.29) is 6.42 Å². The highest BCUT2D eigenvalue weighted by Gasteiger charge is 2.38. The highest BCUT2D eigenvalue weighted by Crippen LogP contribution is 2.21. The van der Waals surface area contributed by atoms with Crippen LogP contribution in [0.4, 0.5) is 0 Å². The van der Waals surface area contributed by atoms with Gasteiger partial charge >= 0.3 is 5.97 Å². The largest absolute Gasteiger partial charge is 0.481 e. The number of hydrogen-bond acceptors (Lipinski definition) is 7. The van der Waals surface area contributed by atoms with Crippen molar-refractivity contribution in [3.63, 3.8) is 0 Å². The lowest BCUT2D eigenvalue weighted by Gasteiger charge is -2.29. The molecule has 1 fully saturated rings. The van der Waals surface area contributed by atoms with Crippen molar-refractivity contribution in [2.45, 2.75) is 57.7 Å². The minimum atomic E-state index is -1.22. The van der Waals surface area contributed by atoms with Crippen molar-refractivity contribution in [2.24, 2.45) is 0 Å². The van der Waals surface area contributed by atoms with E-state index in [0.29, 0.717) is 36.9 Å². The molecule has 35 heavy (non-hydrogen) atoms. The first-order chi connectivity index (χ1) is 16.7. The topological polar surface area (TPSA) is 146 Å². The molecule has 0 unspecified atom stereocenters. The van der Waals surface area contributed by atoms with Gasteiger partial charge in [0, 0.05) is 23.9 Å². The molecule has 3 amide bonds. The Bertz CT molecular complexity index is 1100. The minimum Gasteiger partial charge on any atom is -0.481 e. The van der Waals surface area contributed by atoms with Crippen molar-refractivity contribution in [1.82, 2.24) is 20.5 Å². The summed E-state index contributed by atoms with van der Waals surface area (Å²) in [5.41, 5.74) is 4.48. The lowest BCUT2D eigenvalue weighted by molar-refractivity contribution is -0.142. The summed E-state index contributed by atoms with van der Waals surface area (Å²) in [5.74, 6) is -2.65. The third-order valence-corrected chi connectivity index (χ3v) is 6.71. The van der Waals surface area contributed by atoms with E-state index in [2.05, 4.69) is 15.6 Å². The SMILES string of the molecule is Cc1cccc(C(=O)N[C@@H](Cc2cscn2)C(=O)N2CCC[C@H]2C(=O)N[C@H](C=O)CC(=O)O)c1C. The van der Waals surface area contributed by atoms with E-state index in [1.807, 2.05) is 19.9 Å². The van der Waals surface area contributed by atoms with E-state index in [9.17, 15) is 24.0 Å². The number of nitrogens with zero attached hydrogens (tertiary/aromatic N) is 2. The number of thiazole rings is 1. The molecule has 3 atom stereocenters. The van der Waals surface area contributed by atoms with Gasteiger partial charge in [-0.25, -0.2) is 4.98 Å². The summed E-state index contributed by atoms with van der Waals surface area (Å²) in [6.45, 7) is 4.03. The van der Waals surface area contributed by atoms with Crippen molar-refractivity contribution in [3.05, 3.63) is 51.5 Å². The second-order valence-corrected chi connectivity index (χ2v) is 9.21. The van der Waals surface area contributed by atoms with Gasteiger partial charge < -0.3 is 25.4 Å². The molecule has 1 saturated heterocycles. The van der Waals surface area contributed by atoms with Crippen LogP contribution < -0.4 is 10.6 Å².